The van der Waals surface area contributed by atoms with Crippen molar-refractivity contribution in [1.29, 1.82) is 0 Å². The summed E-state index contributed by atoms with van der Waals surface area (Å²) in [6.45, 7) is 0. The lowest BCUT2D eigenvalue weighted by Crippen LogP contribution is -2.16. The second-order valence-corrected chi connectivity index (χ2v) is 9.07. The van der Waals surface area contributed by atoms with Gasteiger partial charge in [-0.05, 0) is 10.6 Å². The molecule has 0 aliphatic rings. The van der Waals surface area contributed by atoms with E-state index in [1.54, 1.807) is 0 Å². The normalized spacial score (nSPS) is 11.3. The van der Waals surface area contributed by atoms with Crippen molar-refractivity contribution in [2.75, 3.05) is 5.49 Å². The quantitative estimate of drug-likeness (QED) is 0.657. The van der Waals surface area contributed by atoms with Gasteiger partial charge in [0.05, 0.1) is 0 Å². The van der Waals surface area contributed by atoms with Crippen LogP contribution in [0.25, 0.3) is 0 Å². The molecule has 0 heterocycles. The van der Waals surface area contributed by atoms with Gasteiger partial charge in [0, 0.05) is 11.5 Å². The average Bonchev–Trinajstić information content (AvgIpc) is 2.40. The van der Waals surface area contributed by atoms with Crippen molar-refractivity contribution in [2.24, 2.45) is 0 Å². The van der Waals surface area contributed by atoms with Gasteiger partial charge in [0.25, 0.3) is 0 Å². The maximum Gasteiger partial charge on any atom is 0.0272 e. The number of hydrogen-bond donors (Lipinski definition) is 1. The Hall–Kier alpha value is -0.560. The zero-order chi connectivity index (χ0) is 11.4. The molecule has 0 saturated carbocycles. The van der Waals surface area contributed by atoms with Crippen LogP contribution < -0.4 is 10.6 Å². The minimum atomic E-state index is -1.71. The van der Waals surface area contributed by atoms with Crippen LogP contribution in [-0.4, -0.2) is 5.49 Å². The molecule has 3 heteroatoms. The van der Waals surface area contributed by atoms with Gasteiger partial charge in [-0.1, -0.05) is 72.5 Å². The Morgan fingerprint density at radius 3 is 1.50 bits per heavy atom. The third kappa shape index (κ3) is 2.24. The highest BCUT2D eigenvalue weighted by Gasteiger charge is 2.19. The highest BCUT2D eigenvalue weighted by atomic mass is 32.4. The Bertz CT molecular complexity index is 450. The first-order valence-corrected chi connectivity index (χ1v) is 8.70. The molecule has 16 heavy (non-hydrogen) atoms. The first-order valence-electron chi connectivity index (χ1n) is 5.08. The van der Waals surface area contributed by atoms with Crippen LogP contribution in [0, 0.1) is 0 Å². The lowest BCUT2D eigenvalue weighted by Gasteiger charge is -2.20. The van der Waals surface area contributed by atoms with Crippen molar-refractivity contribution < 1.29 is 0 Å². The Morgan fingerprint density at radius 1 is 0.812 bits per heavy atom. The third-order valence-electron chi connectivity index (χ3n) is 2.55. The van der Waals surface area contributed by atoms with E-state index in [0.29, 0.717) is 0 Å². The molecule has 0 bridgehead atoms. The number of hydrogen-bond acceptors (Lipinski definition) is 2. The molecule has 0 amide bonds. The fourth-order valence-electron chi connectivity index (χ4n) is 1.65. The molecule has 0 aliphatic heterocycles. The molecular formula is C13H13PS2. The molecule has 0 spiro atoms. The van der Waals surface area contributed by atoms with Crippen molar-refractivity contribution in [1.82, 2.24) is 0 Å². The lowest BCUT2D eigenvalue weighted by atomic mass is 10.4. The van der Waals surface area contributed by atoms with E-state index < -0.39 is 6.04 Å². The summed E-state index contributed by atoms with van der Waals surface area (Å²) in [5.41, 5.74) is 0.732. The molecule has 0 N–H and O–H groups in total. The molecule has 0 saturated heterocycles. The van der Waals surface area contributed by atoms with Crippen molar-refractivity contribution in [3.05, 3.63) is 60.7 Å². The Kier molecular flexibility index (Phi) is 3.86. The molecule has 0 aliphatic carbocycles. The Balaban J connectivity index is 2.54. The first kappa shape index (κ1) is 11.9. The molecule has 2 rings (SSSR count). The maximum absolute atomic E-state index is 5.87. The number of thiol groups is 1. The van der Waals surface area contributed by atoms with E-state index in [1.165, 1.54) is 10.6 Å². The summed E-state index contributed by atoms with van der Waals surface area (Å²) < 4.78 is 0. The Morgan fingerprint density at radius 2 is 1.19 bits per heavy atom. The highest BCUT2D eigenvalue weighted by Crippen LogP contribution is 2.44. The van der Waals surface area contributed by atoms with Crippen LogP contribution in [0.1, 0.15) is 0 Å². The van der Waals surface area contributed by atoms with Gasteiger partial charge in [0.2, 0.25) is 0 Å². The van der Waals surface area contributed by atoms with Crippen LogP contribution in [-0.2, 0) is 11.8 Å². The van der Waals surface area contributed by atoms with Gasteiger partial charge in [-0.2, -0.15) is 12.6 Å². The van der Waals surface area contributed by atoms with Crippen molar-refractivity contribution >= 4 is 41.1 Å². The maximum atomic E-state index is 5.87. The largest absolute Gasteiger partial charge is 0.173 e. The number of benzene rings is 2. The van der Waals surface area contributed by atoms with Gasteiger partial charge in [0.15, 0.2) is 0 Å². The van der Waals surface area contributed by atoms with E-state index in [9.17, 15) is 0 Å². The zero-order valence-corrected chi connectivity index (χ0v) is 11.4. The SMILES string of the molecule is S=P(CS)(c1ccccc1)c1ccccc1. The fraction of sp³-hybridized carbons (Fsp3) is 0.0769. The fourth-order valence-corrected chi connectivity index (χ4v) is 5.29. The topological polar surface area (TPSA) is 0 Å². The summed E-state index contributed by atoms with van der Waals surface area (Å²) in [5, 5.41) is 2.48. The molecule has 0 nitrogen and oxygen atoms in total. The molecule has 2 aromatic carbocycles. The summed E-state index contributed by atoms with van der Waals surface area (Å²) in [6.07, 6.45) is 0. The molecule has 0 aromatic heterocycles. The molecule has 0 radical (unpaired) electrons. The van der Waals surface area contributed by atoms with E-state index in [2.05, 4.69) is 36.9 Å². The first-order chi connectivity index (χ1) is 7.77. The van der Waals surface area contributed by atoms with Crippen molar-refractivity contribution in [2.45, 2.75) is 0 Å². The standard InChI is InChI=1S/C13H13PS2/c15-11-14(16,12-7-3-1-4-8-12)13-9-5-2-6-10-13/h1-10,15H,11H2. The van der Waals surface area contributed by atoms with Crippen LogP contribution in [0.4, 0.5) is 0 Å². The van der Waals surface area contributed by atoms with Crippen LogP contribution >= 0.6 is 18.7 Å². The second-order valence-electron chi connectivity index (χ2n) is 3.55. The van der Waals surface area contributed by atoms with E-state index in [0.717, 1.165) is 5.49 Å². The van der Waals surface area contributed by atoms with E-state index in [1.807, 2.05) is 36.4 Å². The number of rotatable bonds is 3. The summed E-state index contributed by atoms with van der Waals surface area (Å²) >= 11 is 10.3. The molecular weight excluding hydrogens is 251 g/mol. The minimum Gasteiger partial charge on any atom is -0.173 e. The summed E-state index contributed by atoms with van der Waals surface area (Å²) in [7, 11) is 0. The predicted octanol–water partition coefficient (Wildman–Crippen LogP) is 3.00. The van der Waals surface area contributed by atoms with E-state index >= 15 is 0 Å². The lowest BCUT2D eigenvalue weighted by molar-refractivity contribution is 1.74. The molecule has 0 fully saturated rings. The van der Waals surface area contributed by atoms with Gasteiger partial charge in [-0.25, -0.2) is 0 Å². The van der Waals surface area contributed by atoms with Crippen LogP contribution in [0.3, 0.4) is 0 Å². The van der Waals surface area contributed by atoms with Gasteiger partial charge >= 0.3 is 0 Å². The van der Waals surface area contributed by atoms with Crippen LogP contribution in [0.5, 0.6) is 0 Å². The van der Waals surface area contributed by atoms with Gasteiger partial charge in [-0.3, -0.25) is 0 Å². The predicted molar refractivity (Wildman–Crippen MR) is 80.3 cm³/mol. The second kappa shape index (κ2) is 5.18. The third-order valence-corrected chi connectivity index (χ3v) is 8.71. The zero-order valence-electron chi connectivity index (χ0n) is 8.78. The molecule has 2 aromatic rings. The van der Waals surface area contributed by atoms with Crippen LogP contribution in [0.2, 0.25) is 0 Å². The summed E-state index contributed by atoms with van der Waals surface area (Å²) in [6, 6.07) is 19.0. The van der Waals surface area contributed by atoms with Gasteiger partial charge < -0.3 is 0 Å². The summed E-state index contributed by atoms with van der Waals surface area (Å²) in [4.78, 5) is 0. The molecule has 0 atom stereocenters. The Labute approximate surface area is 107 Å². The molecule has 0 unspecified atom stereocenters. The summed E-state index contributed by atoms with van der Waals surface area (Å²) in [5.74, 6) is 0. The van der Waals surface area contributed by atoms with Crippen molar-refractivity contribution in [3.63, 3.8) is 0 Å². The smallest absolute Gasteiger partial charge is 0.0272 e. The molecule has 82 valence electrons. The van der Waals surface area contributed by atoms with Crippen molar-refractivity contribution in [3.8, 4) is 0 Å². The van der Waals surface area contributed by atoms with Crippen LogP contribution in [0.15, 0.2) is 60.7 Å². The highest BCUT2D eigenvalue weighted by molar-refractivity contribution is 8.25. The van der Waals surface area contributed by atoms with Gasteiger partial charge in [-0.15, -0.1) is 0 Å². The van der Waals surface area contributed by atoms with Gasteiger partial charge in [0.1, 0.15) is 0 Å². The average molecular weight is 264 g/mol. The monoisotopic (exact) mass is 264 g/mol. The van der Waals surface area contributed by atoms with E-state index in [-0.39, 0.29) is 0 Å². The van der Waals surface area contributed by atoms with E-state index in [4.69, 9.17) is 11.8 Å². The minimum absolute atomic E-state index is 0.732.